The van der Waals surface area contributed by atoms with E-state index in [2.05, 4.69) is 50.0 Å². The lowest BCUT2D eigenvalue weighted by atomic mass is 9.81. The number of allylic oxidation sites excluding steroid dienone is 1. The molecule has 2 fully saturated rings. The molecule has 2 aliphatic rings. The molecule has 0 aromatic heterocycles. The molecule has 4 heteroatoms. The monoisotopic (exact) mass is 460 g/mol. The molecule has 33 heavy (non-hydrogen) atoms. The normalized spacial score (nSPS) is 21.7. The lowest BCUT2D eigenvalue weighted by molar-refractivity contribution is -0.132. The number of carboxylic acids is 1. The quantitative estimate of drug-likeness (QED) is 0.445. The Labute approximate surface area is 204 Å². The fourth-order valence-corrected chi connectivity index (χ4v) is 3.98. The SMILES string of the molecule is C.CC.CC.CC1CCC(CCN=C2CCC/C2=C(/N)C(=O)O)CC1.Cc1ccccc1C. The second-order valence-corrected chi connectivity index (χ2v) is 8.38. The number of benzene rings is 1. The smallest absolute Gasteiger partial charge is 0.352 e. The average molecular weight is 461 g/mol. The van der Waals surface area contributed by atoms with Gasteiger partial charge in [-0.2, -0.15) is 0 Å². The van der Waals surface area contributed by atoms with Gasteiger partial charge in [-0.25, -0.2) is 4.79 Å². The van der Waals surface area contributed by atoms with Crippen molar-refractivity contribution >= 4 is 11.7 Å². The molecule has 0 amide bonds. The van der Waals surface area contributed by atoms with Crippen LogP contribution in [0, 0.1) is 25.7 Å². The minimum Gasteiger partial charge on any atom is -0.477 e. The number of nitrogens with zero attached hydrogens (tertiary/aromatic N) is 1. The molecule has 0 bridgehead atoms. The predicted molar refractivity (Wildman–Crippen MR) is 146 cm³/mol. The maximum atomic E-state index is 10.9. The fourth-order valence-electron chi connectivity index (χ4n) is 3.98. The maximum Gasteiger partial charge on any atom is 0.352 e. The van der Waals surface area contributed by atoms with Crippen molar-refractivity contribution in [3.05, 3.63) is 46.7 Å². The van der Waals surface area contributed by atoms with Gasteiger partial charge in [0, 0.05) is 17.8 Å². The van der Waals surface area contributed by atoms with Gasteiger partial charge in [-0.3, -0.25) is 4.99 Å². The summed E-state index contributed by atoms with van der Waals surface area (Å²) < 4.78 is 0. The molecule has 3 rings (SSSR count). The van der Waals surface area contributed by atoms with Crippen LogP contribution in [0.1, 0.15) is 105 Å². The van der Waals surface area contributed by atoms with Crippen molar-refractivity contribution < 1.29 is 9.90 Å². The van der Waals surface area contributed by atoms with Gasteiger partial charge in [0.1, 0.15) is 5.70 Å². The van der Waals surface area contributed by atoms with Crippen LogP contribution >= 0.6 is 0 Å². The summed E-state index contributed by atoms with van der Waals surface area (Å²) in [5, 5.41) is 8.98. The van der Waals surface area contributed by atoms with E-state index in [1.54, 1.807) is 0 Å². The molecular formula is C29H52N2O2. The maximum absolute atomic E-state index is 10.9. The number of aliphatic imine (C=N–C) groups is 1. The van der Waals surface area contributed by atoms with E-state index >= 15 is 0 Å². The molecule has 0 spiro atoms. The van der Waals surface area contributed by atoms with Crippen molar-refractivity contribution in [3.8, 4) is 0 Å². The number of carbonyl (C=O) groups is 1. The Morgan fingerprint density at radius 3 is 1.97 bits per heavy atom. The van der Waals surface area contributed by atoms with E-state index in [9.17, 15) is 4.79 Å². The van der Waals surface area contributed by atoms with Crippen molar-refractivity contribution in [2.45, 2.75) is 107 Å². The van der Waals surface area contributed by atoms with Gasteiger partial charge >= 0.3 is 5.97 Å². The lowest BCUT2D eigenvalue weighted by Gasteiger charge is -2.25. The minimum atomic E-state index is -1.02. The van der Waals surface area contributed by atoms with Crippen LogP contribution in [0.3, 0.4) is 0 Å². The van der Waals surface area contributed by atoms with Gasteiger partial charge in [-0.05, 0) is 62.5 Å². The first kappa shape index (κ1) is 33.1. The number of aliphatic carboxylic acids is 1. The molecule has 1 aromatic rings. The van der Waals surface area contributed by atoms with Crippen LogP contribution in [-0.2, 0) is 4.79 Å². The predicted octanol–water partition coefficient (Wildman–Crippen LogP) is 8.12. The largest absolute Gasteiger partial charge is 0.477 e. The Morgan fingerprint density at radius 2 is 1.52 bits per heavy atom. The number of rotatable bonds is 4. The van der Waals surface area contributed by atoms with Crippen LogP contribution in [0.25, 0.3) is 0 Å². The zero-order chi connectivity index (χ0) is 24.5. The first-order valence-corrected chi connectivity index (χ1v) is 12.7. The zero-order valence-corrected chi connectivity index (χ0v) is 21.7. The number of nitrogens with two attached hydrogens (primary N) is 1. The molecule has 2 saturated carbocycles. The number of hydrogen-bond acceptors (Lipinski definition) is 3. The van der Waals surface area contributed by atoms with Crippen LogP contribution in [0.4, 0.5) is 0 Å². The molecule has 190 valence electrons. The van der Waals surface area contributed by atoms with Gasteiger partial charge in [0.15, 0.2) is 0 Å². The number of hydrogen-bond donors (Lipinski definition) is 2. The van der Waals surface area contributed by atoms with Gasteiger partial charge in [0.25, 0.3) is 0 Å². The van der Waals surface area contributed by atoms with Crippen LogP contribution in [0.5, 0.6) is 0 Å². The average Bonchev–Trinajstić information content (AvgIpc) is 3.28. The van der Waals surface area contributed by atoms with Crippen LogP contribution in [0.2, 0.25) is 0 Å². The second-order valence-electron chi connectivity index (χ2n) is 8.38. The summed E-state index contributed by atoms with van der Waals surface area (Å²) in [6.45, 7) is 15.4. The summed E-state index contributed by atoms with van der Waals surface area (Å²) in [6, 6.07) is 8.36. The zero-order valence-electron chi connectivity index (χ0n) is 21.7. The molecule has 0 aliphatic heterocycles. The summed E-state index contributed by atoms with van der Waals surface area (Å²) in [5.41, 5.74) is 10.1. The number of carboxylic acid groups (broad SMARTS) is 1. The van der Waals surface area contributed by atoms with E-state index in [0.717, 1.165) is 55.3 Å². The van der Waals surface area contributed by atoms with Crippen molar-refractivity contribution in [1.29, 1.82) is 0 Å². The van der Waals surface area contributed by atoms with Gasteiger partial charge < -0.3 is 10.8 Å². The molecule has 0 unspecified atom stereocenters. The molecule has 0 atom stereocenters. The molecule has 0 heterocycles. The van der Waals surface area contributed by atoms with Crippen molar-refractivity contribution in [2.24, 2.45) is 22.6 Å². The Kier molecular flexibility index (Phi) is 19.4. The van der Waals surface area contributed by atoms with Gasteiger partial charge in [-0.1, -0.05) is 92.0 Å². The Hall–Kier alpha value is -2.10. The van der Waals surface area contributed by atoms with Crippen molar-refractivity contribution in [2.75, 3.05) is 6.54 Å². The third kappa shape index (κ3) is 12.6. The van der Waals surface area contributed by atoms with Crippen molar-refractivity contribution in [1.82, 2.24) is 0 Å². The highest BCUT2D eigenvalue weighted by atomic mass is 16.4. The topological polar surface area (TPSA) is 75.7 Å². The minimum absolute atomic E-state index is 0. The first-order chi connectivity index (χ1) is 15.4. The number of aryl methyl sites for hydroxylation is 2. The standard InChI is InChI=1S/C16H26N2O2.C8H10.2C2H6.CH4/c1-11-5-7-12(8-6-11)9-10-18-14-4-2-3-13(14)15(17)16(19)20;1-7-5-3-4-6-8(7)2;2*1-2;/h11-12H,2-10,17H2,1H3,(H,19,20);3-6H,1-2H3;2*1-2H3;1H4/b15-13-,18-14?;;;;. The Bertz CT molecular complexity index is 693. The fraction of sp³-hybridized carbons (Fsp3) is 0.655. The second kappa shape index (κ2) is 19.4. The molecule has 0 saturated heterocycles. The highest BCUT2D eigenvalue weighted by Gasteiger charge is 2.22. The summed E-state index contributed by atoms with van der Waals surface area (Å²) in [7, 11) is 0. The van der Waals surface area contributed by atoms with Gasteiger partial charge in [0.2, 0.25) is 0 Å². The Balaban J connectivity index is 0. The van der Waals surface area contributed by atoms with Gasteiger partial charge in [0.05, 0.1) is 0 Å². The van der Waals surface area contributed by atoms with Crippen LogP contribution in [-0.4, -0.2) is 23.3 Å². The van der Waals surface area contributed by atoms with E-state index in [4.69, 9.17) is 10.8 Å². The molecule has 1 aromatic carbocycles. The van der Waals surface area contributed by atoms with Crippen molar-refractivity contribution in [3.63, 3.8) is 0 Å². The van der Waals surface area contributed by atoms with E-state index in [1.807, 2.05) is 27.7 Å². The van der Waals surface area contributed by atoms with E-state index in [-0.39, 0.29) is 13.1 Å². The first-order valence-electron chi connectivity index (χ1n) is 12.7. The van der Waals surface area contributed by atoms with E-state index < -0.39 is 5.97 Å². The molecule has 0 radical (unpaired) electrons. The van der Waals surface area contributed by atoms with Gasteiger partial charge in [-0.15, -0.1) is 0 Å². The summed E-state index contributed by atoms with van der Waals surface area (Å²) in [4.78, 5) is 15.6. The molecule has 2 aliphatic carbocycles. The highest BCUT2D eigenvalue weighted by molar-refractivity contribution is 6.07. The summed E-state index contributed by atoms with van der Waals surface area (Å²) in [6.07, 6.45) is 9.09. The van der Waals surface area contributed by atoms with Crippen LogP contribution in [0.15, 0.2) is 40.5 Å². The summed E-state index contributed by atoms with van der Waals surface area (Å²) >= 11 is 0. The van der Waals surface area contributed by atoms with E-state index in [0.29, 0.717) is 0 Å². The molecule has 4 nitrogen and oxygen atoms in total. The summed E-state index contributed by atoms with van der Waals surface area (Å²) in [5.74, 6) is 0.675. The highest BCUT2D eigenvalue weighted by Crippen LogP contribution is 2.30. The lowest BCUT2D eigenvalue weighted by Crippen LogP contribution is -2.16. The third-order valence-corrected chi connectivity index (χ3v) is 6.15. The molecular weight excluding hydrogens is 408 g/mol. The van der Waals surface area contributed by atoms with Crippen LogP contribution < -0.4 is 5.73 Å². The van der Waals surface area contributed by atoms with E-state index in [1.165, 1.54) is 36.8 Å². The third-order valence-electron chi connectivity index (χ3n) is 6.15. The molecule has 3 N–H and O–H groups in total. The Morgan fingerprint density at radius 1 is 1.00 bits per heavy atom.